The summed E-state index contributed by atoms with van der Waals surface area (Å²) in [6.45, 7) is 0. The van der Waals surface area contributed by atoms with Crippen LogP contribution < -0.4 is 11.1 Å². The highest BCUT2D eigenvalue weighted by Crippen LogP contribution is 2.30. The van der Waals surface area contributed by atoms with Gasteiger partial charge in [-0.2, -0.15) is 5.26 Å². The Balaban J connectivity index is 1.93. The fourth-order valence-corrected chi connectivity index (χ4v) is 2.89. The van der Waals surface area contributed by atoms with Gasteiger partial charge in [-0.1, -0.05) is 47.7 Å². The molecule has 1 aromatic heterocycles. The Bertz CT molecular complexity index is 896. The van der Waals surface area contributed by atoms with E-state index in [9.17, 15) is 4.79 Å². The number of carbonyl (C=O) groups excluding carboxylic acids is 1. The minimum absolute atomic E-state index is 0.298. The lowest BCUT2D eigenvalue weighted by atomic mass is 10.1. The fourth-order valence-electron chi connectivity index (χ4n) is 2.14. The zero-order chi connectivity index (χ0) is 16.2. The second-order valence-electron chi connectivity index (χ2n) is 4.74. The van der Waals surface area contributed by atoms with Gasteiger partial charge in [0, 0.05) is 11.3 Å². The number of nitrogens with one attached hydrogen (secondary N) is 1. The van der Waals surface area contributed by atoms with E-state index in [4.69, 9.17) is 11.0 Å². The number of nitrogens with two attached hydrogens (primary N) is 1. The van der Waals surface area contributed by atoms with Crippen molar-refractivity contribution >= 4 is 28.1 Å². The molecule has 0 saturated heterocycles. The molecule has 0 fully saturated rings. The van der Waals surface area contributed by atoms with E-state index < -0.39 is 0 Å². The van der Waals surface area contributed by atoms with Crippen LogP contribution >= 0.6 is 11.3 Å². The fraction of sp³-hybridized carbons (Fsp3) is 0. The SMILES string of the molecule is N#Cc1cccc(NC(=O)c2sc(N)nc2-c2ccccc2)c1. The van der Waals surface area contributed by atoms with Gasteiger partial charge in [-0.05, 0) is 18.2 Å². The summed E-state index contributed by atoms with van der Waals surface area (Å²) in [5.41, 5.74) is 8.20. The molecule has 0 aliphatic carbocycles. The van der Waals surface area contributed by atoms with Crippen LogP contribution in [0.2, 0.25) is 0 Å². The molecule has 0 aliphatic rings. The van der Waals surface area contributed by atoms with Crippen LogP contribution in [0.4, 0.5) is 10.8 Å². The zero-order valence-electron chi connectivity index (χ0n) is 12.0. The number of aromatic nitrogens is 1. The van der Waals surface area contributed by atoms with Gasteiger partial charge in [-0.25, -0.2) is 4.98 Å². The average Bonchev–Trinajstić information content (AvgIpc) is 2.98. The van der Waals surface area contributed by atoms with Crippen molar-refractivity contribution in [2.45, 2.75) is 0 Å². The molecule has 0 saturated carbocycles. The first-order valence-corrected chi connectivity index (χ1v) is 7.62. The van der Waals surface area contributed by atoms with Crippen LogP contribution in [0.3, 0.4) is 0 Å². The molecular formula is C17H12N4OS. The molecule has 0 aliphatic heterocycles. The second-order valence-corrected chi connectivity index (χ2v) is 5.77. The molecule has 3 N–H and O–H groups in total. The van der Waals surface area contributed by atoms with Crippen LogP contribution in [-0.2, 0) is 0 Å². The largest absolute Gasteiger partial charge is 0.375 e. The number of hydrogen-bond acceptors (Lipinski definition) is 5. The molecule has 0 spiro atoms. The van der Waals surface area contributed by atoms with E-state index >= 15 is 0 Å². The maximum atomic E-state index is 12.5. The van der Waals surface area contributed by atoms with Gasteiger partial charge in [0.25, 0.3) is 5.91 Å². The van der Waals surface area contributed by atoms with Gasteiger partial charge in [-0.15, -0.1) is 0 Å². The summed E-state index contributed by atoms with van der Waals surface area (Å²) in [6.07, 6.45) is 0. The molecule has 1 heterocycles. The summed E-state index contributed by atoms with van der Waals surface area (Å²) in [7, 11) is 0. The van der Waals surface area contributed by atoms with E-state index in [1.807, 2.05) is 36.4 Å². The lowest BCUT2D eigenvalue weighted by molar-refractivity contribution is 0.103. The van der Waals surface area contributed by atoms with Crippen LogP contribution in [0.5, 0.6) is 0 Å². The van der Waals surface area contributed by atoms with Crippen molar-refractivity contribution < 1.29 is 4.79 Å². The van der Waals surface area contributed by atoms with Crippen molar-refractivity contribution in [3.05, 3.63) is 65.0 Å². The summed E-state index contributed by atoms with van der Waals surface area (Å²) < 4.78 is 0. The van der Waals surface area contributed by atoms with Gasteiger partial charge in [0.1, 0.15) is 4.88 Å². The Morgan fingerprint density at radius 2 is 1.96 bits per heavy atom. The van der Waals surface area contributed by atoms with Crippen molar-refractivity contribution in [1.82, 2.24) is 4.98 Å². The molecule has 1 amide bonds. The minimum Gasteiger partial charge on any atom is -0.375 e. The summed E-state index contributed by atoms with van der Waals surface area (Å²) in [6, 6.07) is 18.2. The standard InChI is InChI=1S/C17H12N4OS/c18-10-11-5-4-8-13(9-11)20-16(22)15-14(21-17(19)23-15)12-6-2-1-3-7-12/h1-9H,(H2,19,21)(H,20,22). The van der Waals surface area contributed by atoms with Crippen LogP contribution in [0.25, 0.3) is 11.3 Å². The van der Waals surface area contributed by atoms with Crippen molar-refractivity contribution in [3.8, 4) is 17.3 Å². The molecule has 0 atom stereocenters. The van der Waals surface area contributed by atoms with E-state index in [0.29, 0.717) is 27.0 Å². The number of benzene rings is 2. The molecule has 3 rings (SSSR count). The Morgan fingerprint density at radius 1 is 1.17 bits per heavy atom. The van der Waals surface area contributed by atoms with Crippen LogP contribution in [0, 0.1) is 11.3 Å². The first-order valence-electron chi connectivity index (χ1n) is 6.80. The number of rotatable bonds is 3. The molecule has 6 heteroatoms. The van der Waals surface area contributed by atoms with Crippen molar-refractivity contribution in [1.29, 1.82) is 5.26 Å². The summed E-state index contributed by atoms with van der Waals surface area (Å²) in [5, 5.41) is 12.0. The van der Waals surface area contributed by atoms with E-state index in [2.05, 4.69) is 10.3 Å². The van der Waals surface area contributed by atoms with Gasteiger partial charge in [-0.3, -0.25) is 4.79 Å². The normalized spacial score (nSPS) is 10.0. The smallest absolute Gasteiger partial charge is 0.268 e. The Morgan fingerprint density at radius 3 is 2.70 bits per heavy atom. The molecule has 3 aromatic rings. The number of anilines is 2. The third-order valence-corrected chi connectivity index (χ3v) is 4.03. The topological polar surface area (TPSA) is 91.8 Å². The molecular weight excluding hydrogens is 308 g/mol. The van der Waals surface area contributed by atoms with Crippen molar-refractivity contribution in [3.63, 3.8) is 0 Å². The Hall–Kier alpha value is -3.17. The molecule has 0 bridgehead atoms. The zero-order valence-corrected chi connectivity index (χ0v) is 12.8. The van der Waals surface area contributed by atoms with Crippen LogP contribution in [0.1, 0.15) is 15.2 Å². The molecule has 112 valence electrons. The number of nitrogen functional groups attached to an aromatic ring is 1. The summed E-state index contributed by atoms with van der Waals surface area (Å²) in [5.74, 6) is -0.298. The molecule has 0 unspecified atom stereocenters. The van der Waals surface area contributed by atoms with E-state index in [0.717, 1.165) is 16.9 Å². The van der Waals surface area contributed by atoms with E-state index in [-0.39, 0.29) is 5.91 Å². The van der Waals surface area contributed by atoms with E-state index in [1.54, 1.807) is 24.3 Å². The minimum atomic E-state index is -0.298. The van der Waals surface area contributed by atoms with Crippen molar-refractivity contribution in [2.24, 2.45) is 0 Å². The maximum Gasteiger partial charge on any atom is 0.268 e. The third-order valence-electron chi connectivity index (χ3n) is 3.15. The van der Waals surface area contributed by atoms with Crippen molar-refractivity contribution in [2.75, 3.05) is 11.1 Å². The predicted octanol–water partition coefficient (Wildman–Crippen LogP) is 3.52. The molecule has 23 heavy (non-hydrogen) atoms. The van der Waals surface area contributed by atoms with E-state index in [1.165, 1.54) is 0 Å². The Kier molecular flexibility index (Phi) is 4.04. The number of amides is 1. The number of nitrogens with zero attached hydrogens (tertiary/aromatic N) is 2. The van der Waals surface area contributed by atoms with Gasteiger partial charge < -0.3 is 11.1 Å². The highest BCUT2D eigenvalue weighted by atomic mass is 32.1. The number of carbonyl (C=O) groups is 1. The predicted molar refractivity (Wildman–Crippen MR) is 91.1 cm³/mol. The second kappa shape index (κ2) is 6.30. The molecule has 2 aromatic carbocycles. The first kappa shape index (κ1) is 14.8. The molecule has 0 radical (unpaired) electrons. The van der Waals surface area contributed by atoms with Gasteiger partial charge in [0.15, 0.2) is 5.13 Å². The third kappa shape index (κ3) is 3.20. The van der Waals surface area contributed by atoms with Gasteiger partial charge in [0.2, 0.25) is 0 Å². The summed E-state index contributed by atoms with van der Waals surface area (Å²) in [4.78, 5) is 17.2. The monoisotopic (exact) mass is 320 g/mol. The quantitative estimate of drug-likeness (QED) is 0.772. The Labute approximate surface area is 137 Å². The molecule has 5 nitrogen and oxygen atoms in total. The number of hydrogen-bond donors (Lipinski definition) is 2. The highest BCUT2D eigenvalue weighted by Gasteiger charge is 2.18. The number of thiazole rings is 1. The van der Waals surface area contributed by atoms with Crippen LogP contribution in [0.15, 0.2) is 54.6 Å². The summed E-state index contributed by atoms with van der Waals surface area (Å²) >= 11 is 1.14. The lowest BCUT2D eigenvalue weighted by Gasteiger charge is -2.05. The first-order chi connectivity index (χ1) is 11.2. The highest BCUT2D eigenvalue weighted by molar-refractivity contribution is 7.17. The lowest BCUT2D eigenvalue weighted by Crippen LogP contribution is -2.11. The number of nitriles is 1. The van der Waals surface area contributed by atoms with Gasteiger partial charge in [0.05, 0.1) is 17.3 Å². The van der Waals surface area contributed by atoms with Crippen LogP contribution in [-0.4, -0.2) is 10.9 Å². The average molecular weight is 320 g/mol. The van der Waals surface area contributed by atoms with Gasteiger partial charge >= 0.3 is 0 Å². The maximum absolute atomic E-state index is 12.5.